The first-order valence-electron chi connectivity index (χ1n) is 9.56. The zero-order valence-electron chi connectivity index (χ0n) is 16.0. The van der Waals surface area contributed by atoms with Crippen molar-refractivity contribution < 1.29 is 14.0 Å². The second-order valence-corrected chi connectivity index (χ2v) is 7.62. The molecule has 3 aromatic rings. The number of fused-ring (bicyclic) bond motifs is 1. The van der Waals surface area contributed by atoms with Crippen LogP contribution in [0.15, 0.2) is 47.1 Å². The highest BCUT2D eigenvalue weighted by Crippen LogP contribution is 2.25. The summed E-state index contributed by atoms with van der Waals surface area (Å²) in [6.45, 7) is 4.88. The molecule has 1 fully saturated rings. The first kappa shape index (κ1) is 18.3. The predicted octanol–water partition coefficient (Wildman–Crippen LogP) is 3.02. The molecule has 1 aromatic carbocycles. The number of likely N-dealkylation sites (tertiary alicyclic amines) is 1. The molecule has 0 bridgehead atoms. The summed E-state index contributed by atoms with van der Waals surface area (Å²) < 4.78 is 5.32. The Morgan fingerprint density at radius 2 is 2.14 bits per heavy atom. The Morgan fingerprint density at radius 1 is 1.32 bits per heavy atom. The molecule has 0 spiro atoms. The summed E-state index contributed by atoms with van der Waals surface area (Å²) >= 11 is 0. The minimum Gasteiger partial charge on any atom is -0.467 e. The van der Waals surface area contributed by atoms with E-state index in [4.69, 9.17) is 4.42 Å². The molecule has 2 amide bonds. The van der Waals surface area contributed by atoms with Gasteiger partial charge in [-0.1, -0.05) is 26.0 Å². The summed E-state index contributed by atoms with van der Waals surface area (Å²) in [4.78, 5) is 34.8. The second-order valence-electron chi connectivity index (χ2n) is 7.62. The quantitative estimate of drug-likeness (QED) is 0.688. The molecule has 1 unspecified atom stereocenters. The van der Waals surface area contributed by atoms with Gasteiger partial charge < -0.3 is 19.6 Å². The lowest BCUT2D eigenvalue weighted by Crippen LogP contribution is -2.37. The van der Waals surface area contributed by atoms with Crippen LogP contribution in [0.1, 0.15) is 37.9 Å². The standard InChI is InChI=1S/C21H24N4O3/c1-13(2)19(20-22-16-7-3-4-8-17(16)23-20)24-21(27)14-10-18(26)25(11-14)12-15-6-5-9-28-15/h3-9,13-14,19H,10-12H2,1-2H3,(H,22,23)(H,24,27)/t14?,19-/m0/s1. The molecule has 7 heteroatoms. The molecule has 1 saturated heterocycles. The van der Waals surface area contributed by atoms with Gasteiger partial charge in [0.05, 0.1) is 35.8 Å². The van der Waals surface area contributed by atoms with E-state index in [1.165, 1.54) is 0 Å². The molecular formula is C21H24N4O3. The highest BCUT2D eigenvalue weighted by Gasteiger charge is 2.36. The van der Waals surface area contributed by atoms with Crippen molar-refractivity contribution >= 4 is 22.8 Å². The van der Waals surface area contributed by atoms with Crippen LogP contribution in [-0.4, -0.2) is 33.2 Å². The van der Waals surface area contributed by atoms with E-state index < -0.39 is 0 Å². The molecule has 1 aliphatic heterocycles. The Morgan fingerprint density at radius 3 is 2.86 bits per heavy atom. The Labute approximate surface area is 163 Å². The van der Waals surface area contributed by atoms with Crippen LogP contribution in [0, 0.1) is 11.8 Å². The molecule has 2 N–H and O–H groups in total. The van der Waals surface area contributed by atoms with Crippen molar-refractivity contribution in [3.8, 4) is 0 Å². The summed E-state index contributed by atoms with van der Waals surface area (Å²) in [5.41, 5.74) is 1.82. The molecule has 0 aliphatic carbocycles. The zero-order chi connectivity index (χ0) is 19.7. The van der Waals surface area contributed by atoms with Crippen molar-refractivity contribution in [1.82, 2.24) is 20.2 Å². The molecule has 146 valence electrons. The van der Waals surface area contributed by atoms with Crippen molar-refractivity contribution in [3.05, 3.63) is 54.2 Å². The second kappa shape index (κ2) is 7.50. The smallest absolute Gasteiger partial charge is 0.226 e. The van der Waals surface area contributed by atoms with Gasteiger partial charge in [0, 0.05) is 13.0 Å². The lowest BCUT2D eigenvalue weighted by molar-refractivity contribution is -0.129. The number of nitrogens with one attached hydrogen (secondary N) is 2. The number of benzene rings is 1. The first-order valence-corrected chi connectivity index (χ1v) is 9.56. The summed E-state index contributed by atoms with van der Waals surface area (Å²) in [6, 6.07) is 11.2. The van der Waals surface area contributed by atoms with Crippen molar-refractivity contribution in [3.63, 3.8) is 0 Å². The SMILES string of the molecule is CC(C)[C@H](NC(=O)C1CC(=O)N(Cc2ccco2)C1)c1nc2ccccc2[nH]1. The van der Waals surface area contributed by atoms with E-state index in [1.807, 2.05) is 44.2 Å². The molecular weight excluding hydrogens is 356 g/mol. The van der Waals surface area contributed by atoms with Gasteiger partial charge in [0.1, 0.15) is 11.6 Å². The van der Waals surface area contributed by atoms with Gasteiger partial charge in [-0.05, 0) is 30.2 Å². The number of amides is 2. The molecule has 2 aromatic heterocycles. The lowest BCUT2D eigenvalue weighted by atomic mass is 10.0. The highest BCUT2D eigenvalue weighted by atomic mass is 16.3. The van der Waals surface area contributed by atoms with Gasteiger partial charge in [-0.2, -0.15) is 0 Å². The van der Waals surface area contributed by atoms with Gasteiger partial charge in [-0.15, -0.1) is 0 Å². The molecule has 28 heavy (non-hydrogen) atoms. The number of carbonyl (C=O) groups excluding carboxylic acids is 2. The maximum absolute atomic E-state index is 12.9. The van der Waals surface area contributed by atoms with Crippen molar-refractivity contribution in [2.24, 2.45) is 11.8 Å². The molecule has 0 radical (unpaired) electrons. The molecule has 0 saturated carbocycles. The predicted molar refractivity (Wildman–Crippen MR) is 104 cm³/mol. The largest absolute Gasteiger partial charge is 0.467 e. The molecule has 3 heterocycles. The Balaban J connectivity index is 1.45. The van der Waals surface area contributed by atoms with E-state index in [0.717, 1.165) is 22.6 Å². The number of H-pyrrole nitrogens is 1. The lowest BCUT2D eigenvalue weighted by Gasteiger charge is -2.22. The van der Waals surface area contributed by atoms with Crippen molar-refractivity contribution in [2.45, 2.75) is 32.9 Å². The summed E-state index contributed by atoms with van der Waals surface area (Å²) in [6.07, 6.45) is 1.80. The molecule has 1 aliphatic rings. The number of carbonyl (C=O) groups is 2. The van der Waals surface area contributed by atoms with Crippen LogP contribution in [-0.2, 0) is 16.1 Å². The van der Waals surface area contributed by atoms with Gasteiger partial charge >= 0.3 is 0 Å². The van der Waals surface area contributed by atoms with E-state index >= 15 is 0 Å². The van der Waals surface area contributed by atoms with Crippen LogP contribution in [0.3, 0.4) is 0 Å². The van der Waals surface area contributed by atoms with Crippen molar-refractivity contribution in [1.29, 1.82) is 0 Å². The van der Waals surface area contributed by atoms with Crippen LogP contribution in [0.4, 0.5) is 0 Å². The fourth-order valence-corrected chi connectivity index (χ4v) is 3.63. The normalized spacial score (nSPS) is 18.2. The maximum atomic E-state index is 12.9. The summed E-state index contributed by atoms with van der Waals surface area (Å²) in [5.74, 6) is 1.10. The van der Waals surface area contributed by atoms with Gasteiger partial charge in [0.15, 0.2) is 0 Å². The monoisotopic (exact) mass is 380 g/mol. The maximum Gasteiger partial charge on any atom is 0.226 e. The van der Waals surface area contributed by atoms with Gasteiger partial charge in [-0.3, -0.25) is 9.59 Å². The van der Waals surface area contributed by atoms with Gasteiger partial charge in [-0.25, -0.2) is 4.98 Å². The first-order chi connectivity index (χ1) is 13.5. The fraction of sp³-hybridized carbons (Fsp3) is 0.381. The average molecular weight is 380 g/mol. The van der Waals surface area contributed by atoms with E-state index in [9.17, 15) is 9.59 Å². The third-order valence-corrected chi connectivity index (χ3v) is 5.18. The van der Waals surface area contributed by atoms with E-state index in [1.54, 1.807) is 17.2 Å². The van der Waals surface area contributed by atoms with Gasteiger partial charge in [0.2, 0.25) is 11.8 Å². The Hall–Kier alpha value is -3.09. The number of aromatic nitrogens is 2. The van der Waals surface area contributed by atoms with Crippen LogP contribution in [0.2, 0.25) is 0 Å². The minimum absolute atomic E-state index is 0.0265. The zero-order valence-corrected chi connectivity index (χ0v) is 16.0. The number of aromatic amines is 1. The van der Waals surface area contributed by atoms with E-state index in [2.05, 4.69) is 15.3 Å². The van der Waals surface area contributed by atoms with Crippen LogP contribution in [0.25, 0.3) is 11.0 Å². The number of hydrogen-bond donors (Lipinski definition) is 2. The third kappa shape index (κ3) is 3.65. The summed E-state index contributed by atoms with van der Waals surface area (Å²) in [7, 11) is 0. The topological polar surface area (TPSA) is 91.2 Å². The van der Waals surface area contributed by atoms with E-state index in [-0.39, 0.29) is 36.1 Å². The molecule has 2 atom stereocenters. The number of furan rings is 1. The number of imidazole rings is 1. The number of nitrogens with zero attached hydrogens (tertiary/aromatic N) is 2. The number of para-hydroxylation sites is 2. The Kier molecular flexibility index (Phi) is 4.90. The van der Waals surface area contributed by atoms with Crippen LogP contribution in [0.5, 0.6) is 0 Å². The number of hydrogen-bond acceptors (Lipinski definition) is 4. The van der Waals surface area contributed by atoms with Crippen LogP contribution < -0.4 is 5.32 Å². The summed E-state index contributed by atoms with van der Waals surface area (Å²) in [5, 5.41) is 3.10. The minimum atomic E-state index is -0.368. The molecule has 4 rings (SSSR count). The van der Waals surface area contributed by atoms with Crippen LogP contribution >= 0.6 is 0 Å². The van der Waals surface area contributed by atoms with Crippen molar-refractivity contribution in [2.75, 3.05) is 6.54 Å². The fourth-order valence-electron chi connectivity index (χ4n) is 3.63. The average Bonchev–Trinajstić information content (AvgIpc) is 3.40. The third-order valence-electron chi connectivity index (χ3n) is 5.18. The number of rotatable bonds is 6. The molecule has 7 nitrogen and oxygen atoms in total. The highest BCUT2D eigenvalue weighted by molar-refractivity contribution is 5.89. The van der Waals surface area contributed by atoms with E-state index in [0.29, 0.717) is 13.1 Å². The van der Waals surface area contributed by atoms with Gasteiger partial charge in [0.25, 0.3) is 0 Å². The Bertz CT molecular complexity index is 944.